The van der Waals surface area contributed by atoms with Gasteiger partial charge >= 0.3 is 0 Å². The fraction of sp³-hybridized carbons (Fsp3) is 0.600. The van der Waals surface area contributed by atoms with Crippen molar-refractivity contribution in [2.45, 2.75) is 44.0 Å². The Morgan fingerprint density at radius 2 is 2.06 bits per heavy atom. The summed E-state index contributed by atoms with van der Waals surface area (Å²) in [5, 5.41) is 0.700. The lowest BCUT2D eigenvalue weighted by Gasteiger charge is -2.38. The van der Waals surface area contributed by atoms with E-state index in [1.54, 1.807) is 12.1 Å². The number of anilines is 1. The second-order valence-electron chi connectivity index (χ2n) is 5.32. The van der Waals surface area contributed by atoms with Crippen molar-refractivity contribution in [1.82, 2.24) is 0 Å². The molecule has 0 radical (unpaired) electrons. The average molecular weight is 314 g/mol. The van der Waals surface area contributed by atoms with Gasteiger partial charge in [-0.1, -0.05) is 47.8 Å². The van der Waals surface area contributed by atoms with Crippen LogP contribution >= 0.6 is 15.9 Å². The summed E-state index contributed by atoms with van der Waals surface area (Å²) in [7, 11) is 2.04. The molecule has 0 amide bonds. The predicted molar refractivity (Wildman–Crippen MR) is 78.9 cm³/mol. The van der Waals surface area contributed by atoms with Crippen molar-refractivity contribution in [1.29, 1.82) is 0 Å². The van der Waals surface area contributed by atoms with Gasteiger partial charge < -0.3 is 4.90 Å². The van der Waals surface area contributed by atoms with Crippen molar-refractivity contribution in [3.8, 4) is 0 Å². The van der Waals surface area contributed by atoms with Crippen LogP contribution in [0.2, 0.25) is 0 Å². The molecule has 1 fully saturated rings. The van der Waals surface area contributed by atoms with Crippen molar-refractivity contribution < 1.29 is 4.39 Å². The van der Waals surface area contributed by atoms with Gasteiger partial charge in [0.15, 0.2) is 0 Å². The molecule has 2 rings (SSSR count). The van der Waals surface area contributed by atoms with Crippen molar-refractivity contribution in [3.63, 3.8) is 0 Å². The maximum Gasteiger partial charge on any atom is 0.146 e. The molecule has 1 aliphatic carbocycles. The Balaban J connectivity index is 2.29. The Labute approximate surface area is 118 Å². The van der Waals surface area contributed by atoms with Gasteiger partial charge in [0.1, 0.15) is 5.82 Å². The van der Waals surface area contributed by atoms with E-state index in [1.807, 2.05) is 13.1 Å². The minimum atomic E-state index is -0.104. The fourth-order valence-electron chi connectivity index (χ4n) is 3.10. The summed E-state index contributed by atoms with van der Waals surface area (Å²) in [6.07, 6.45) is 5.01. The summed E-state index contributed by atoms with van der Waals surface area (Å²) in [6, 6.07) is 5.81. The number of benzene rings is 1. The first-order chi connectivity index (χ1) is 8.65. The first-order valence-corrected chi connectivity index (χ1v) is 7.83. The van der Waals surface area contributed by atoms with Gasteiger partial charge in [-0.2, -0.15) is 0 Å². The Hall–Kier alpha value is -0.570. The molecule has 1 aliphatic rings. The molecule has 2 atom stereocenters. The molecule has 1 aromatic carbocycles. The van der Waals surface area contributed by atoms with Crippen molar-refractivity contribution in [2.75, 3.05) is 11.9 Å². The second kappa shape index (κ2) is 6.05. The van der Waals surface area contributed by atoms with Gasteiger partial charge in [-0.3, -0.25) is 0 Å². The van der Waals surface area contributed by atoms with Gasteiger partial charge in [-0.05, 0) is 30.4 Å². The maximum atomic E-state index is 14.1. The Morgan fingerprint density at radius 1 is 1.33 bits per heavy atom. The van der Waals surface area contributed by atoms with E-state index in [2.05, 4.69) is 27.8 Å². The number of rotatable bonds is 3. The highest BCUT2D eigenvalue weighted by atomic mass is 79.9. The molecule has 0 N–H and O–H groups in total. The summed E-state index contributed by atoms with van der Waals surface area (Å²) in [4.78, 5) is 2.16. The Morgan fingerprint density at radius 3 is 2.72 bits per heavy atom. The molecular formula is C15H21BrFN. The third-order valence-electron chi connectivity index (χ3n) is 4.13. The van der Waals surface area contributed by atoms with Crippen LogP contribution in [0.5, 0.6) is 0 Å². The molecule has 18 heavy (non-hydrogen) atoms. The first-order valence-electron chi connectivity index (χ1n) is 6.71. The first kappa shape index (κ1) is 13.9. The fourth-order valence-corrected chi connectivity index (χ4v) is 3.55. The lowest BCUT2D eigenvalue weighted by atomic mass is 9.84. The van der Waals surface area contributed by atoms with Gasteiger partial charge in [0.05, 0.1) is 5.69 Å². The van der Waals surface area contributed by atoms with Crippen LogP contribution in [0.15, 0.2) is 18.2 Å². The third kappa shape index (κ3) is 2.71. The molecule has 0 aliphatic heterocycles. The van der Waals surface area contributed by atoms with Crippen LogP contribution in [0.4, 0.5) is 10.1 Å². The average Bonchev–Trinajstić information content (AvgIpc) is 2.38. The van der Waals surface area contributed by atoms with Gasteiger partial charge in [0, 0.05) is 18.4 Å². The molecule has 2 unspecified atom stereocenters. The minimum absolute atomic E-state index is 0.104. The number of halogens is 2. The van der Waals surface area contributed by atoms with Crippen LogP contribution in [-0.4, -0.2) is 13.1 Å². The van der Waals surface area contributed by atoms with Gasteiger partial charge in [-0.25, -0.2) is 4.39 Å². The molecule has 100 valence electrons. The highest BCUT2D eigenvalue weighted by Crippen LogP contribution is 2.34. The summed E-state index contributed by atoms with van der Waals surface area (Å²) in [6.45, 7) is 2.29. The van der Waals surface area contributed by atoms with E-state index in [-0.39, 0.29) is 5.82 Å². The van der Waals surface area contributed by atoms with Gasteiger partial charge in [0.2, 0.25) is 0 Å². The van der Waals surface area contributed by atoms with Crippen LogP contribution in [0.25, 0.3) is 0 Å². The predicted octanol–water partition coefficient (Wildman–Crippen LogP) is 4.74. The molecule has 0 spiro atoms. The second-order valence-corrected chi connectivity index (χ2v) is 5.88. The van der Waals surface area contributed by atoms with E-state index in [1.165, 1.54) is 25.7 Å². The molecule has 0 saturated heterocycles. The normalized spacial score (nSPS) is 24.0. The molecule has 1 aromatic rings. The number of hydrogen-bond acceptors (Lipinski definition) is 1. The highest BCUT2D eigenvalue weighted by Gasteiger charge is 2.27. The Kier molecular flexibility index (Phi) is 4.66. The third-order valence-corrected chi connectivity index (χ3v) is 4.73. The standard InChI is InChI=1S/C15H21BrFN/c1-11-6-3-4-9-14(11)18(2)15-12(10-16)7-5-8-13(15)17/h5,7-8,11,14H,3-4,6,9-10H2,1-2H3. The van der Waals surface area contributed by atoms with Gasteiger partial charge in [-0.15, -0.1) is 0 Å². The maximum absolute atomic E-state index is 14.1. The highest BCUT2D eigenvalue weighted by molar-refractivity contribution is 9.08. The van der Waals surface area contributed by atoms with Crippen LogP contribution in [0.1, 0.15) is 38.2 Å². The molecule has 1 saturated carbocycles. The SMILES string of the molecule is CC1CCCCC1N(C)c1c(F)cccc1CBr. The Bertz CT molecular complexity index is 407. The minimum Gasteiger partial charge on any atom is -0.369 e. The molecule has 3 heteroatoms. The lowest BCUT2D eigenvalue weighted by Crippen LogP contribution is -2.39. The molecule has 0 bridgehead atoms. The van der Waals surface area contributed by atoms with Crippen LogP contribution < -0.4 is 4.90 Å². The topological polar surface area (TPSA) is 3.24 Å². The largest absolute Gasteiger partial charge is 0.369 e. The molecule has 0 aromatic heterocycles. The lowest BCUT2D eigenvalue weighted by molar-refractivity contribution is 0.320. The number of nitrogens with zero attached hydrogens (tertiary/aromatic N) is 1. The molecule has 0 heterocycles. The zero-order chi connectivity index (χ0) is 13.1. The molecular weight excluding hydrogens is 293 g/mol. The van der Waals surface area contributed by atoms with E-state index < -0.39 is 0 Å². The van der Waals surface area contributed by atoms with E-state index in [4.69, 9.17) is 0 Å². The van der Waals surface area contributed by atoms with E-state index >= 15 is 0 Å². The zero-order valence-corrected chi connectivity index (χ0v) is 12.7. The zero-order valence-electron chi connectivity index (χ0n) is 11.1. The van der Waals surface area contributed by atoms with Crippen LogP contribution in [0, 0.1) is 11.7 Å². The van der Waals surface area contributed by atoms with Crippen LogP contribution in [0.3, 0.4) is 0 Å². The van der Waals surface area contributed by atoms with E-state index in [0.717, 1.165) is 11.3 Å². The summed E-state index contributed by atoms with van der Waals surface area (Å²) in [5.41, 5.74) is 1.81. The smallest absolute Gasteiger partial charge is 0.146 e. The van der Waals surface area contributed by atoms with Crippen LogP contribution in [-0.2, 0) is 5.33 Å². The van der Waals surface area contributed by atoms with Crippen molar-refractivity contribution in [2.24, 2.45) is 5.92 Å². The van der Waals surface area contributed by atoms with Crippen molar-refractivity contribution >= 4 is 21.6 Å². The van der Waals surface area contributed by atoms with E-state index in [9.17, 15) is 4.39 Å². The van der Waals surface area contributed by atoms with Gasteiger partial charge in [0.25, 0.3) is 0 Å². The number of alkyl halides is 1. The summed E-state index contributed by atoms with van der Waals surface area (Å²) < 4.78 is 14.1. The van der Waals surface area contributed by atoms with E-state index in [0.29, 0.717) is 17.3 Å². The summed E-state index contributed by atoms with van der Waals surface area (Å²) in [5.74, 6) is 0.541. The molecule has 1 nitrogen and oxygen atoms in total. The monoisotopic (exact) mass is 313 g/mol. The number of hydrogen-bond donors (Lipinski definition) is 0. The summed E-state index contributed by atoms with van der Waals surface area (Å²) >= 11 is 3.46. The number of para-hydroxylation sites is 1. The quantitative estimate of drug-likeness (QED) is 0.729. The van der Waals surface area contributed by atoms with Crippen molar-refractivity contribution in [3.05, 3.63) is 29.6 Å².